The molecule has 0 aliphatic heterocycles. The molecule has 0 unspecified atom stereocenters. The van der Waals surface area contributed by atoms with E-state index in [4.69, 9.17) is 16.6 Å². The number of rotatable bonds is 3. The van der Waals surface area contributed by atoms with Gasteiger partial charge in [-0.2, -0.15) is 0 Å². The van der Waals surface area contributed by atoms with E-state index in [9.17, 15) is 0 Å². The monoisotopic (exact) mass is 213 g/mol. The average Bonchev–Trinajstić information content (AvgIpc) is 2.00. The third kappa shape index (κ3) is 5.24. The smallest absolute Gasteiger partial charge is 0.198 e. The molecule has 0 aromatic heterocycles. The van der Waals surface area contributed by atoms with Gasteiger partial charge in [-0.15, -0.1) is 0 Å². The summed E-state index contributed by atoms with van der Waals surface area (Å²) in [7, 11) is 0. The fraction of sp³-hybridized carbons (Fsp3) is 0.800. The minimum Gasteiger partial charge on any atom is -0.370 e. The van der Waals surface area contributed by atoms with Crippen LogP contribution < -0.4 is 11.1 Å². The second-order valence-electron chi connectivity index (χ2n) is 4.56. The number of hydrogen-bond donors (Lipinski definition) is 4. The van der Waals surface area contributed by atoms with E-state index < -0.39 is 0 Å². The Hall–Kier alpha value is -1.26. The van der Waals surface area contributed by atoms with Gasteiger partial charge in [0.15, 0.2) is 11.9 Å². The van der Waals surface area contributed by atoms with Gasteiger partial charge in [0.1, 0.15) is 0 Å². The maximum absolute atomic E-state index is 7.80. The van der Waals surface area contributed by atoms with Gasteiger partial charge in [-0.05, 0) is 27.2 Å². The van der Waals surface area contributed by atoms with E-state index in [0.29, 0.717) is 0 Å². The van der Waals surface area contributed by atoms with Gasteiger partial charge in [0.2, 0.25) is 0 Å². The van der Waals surface area contributed by atoms with Gasteiger partial charge in [-0.3, -0.25) is 16.1 Å². The maximum Gasteiger partial charge on any atom is 0.198 e. The molecule has 0 amide bonds. The van der Waals surface area contributed by atoms with Gasteiger partial charge in [0, 0.05) is 12.1 Å². The fourth-order valence-electron chi connectivity index (χ4n) is 1.29. The Labute approximate surface area is 92.0 Å². The van der Waals surface area contributed by atoms with Crippen molar-refractivity contribution in [3.63, 3.8) is 0 Å². The van der Waals surface area contributed by atoms with Crippen molar-refractivity contribution in [1.82, 2.24) is 10.2 Å². The Morgan fingerprint density at radius 2 is 1.87 bits per heavy atom. The highest BCUT2D eigenvalue weighted by atomic mass is 15.3. The van der Waals surface area contributed by atoms with Gasteiger partial charge >= 0.3 is 0 Å². The zero-order chi connectivity index (χ0) is 12.1. The number of hydrogen-bond acceptors (Lipinski definition) is 2. The lowest BCUT2D eigenvalue weighted by atomic mass is 10.1. The summed E-state index contributed by atoms with van der Waals surface area (Å²) in [6.45, 7) is 9.04. The van der Waals surface area contributed by atoms with Crippen LogP contribution in [0.4, 0.5) is 0 Å². The average molecular weight is 213 g/mol. The van der Waals surface area contributed by atoms with Crippen molar-refractivity contribution in [2.75, 3.05) is 6.54 Å². The van der Waals surface area contributed by atoms with Crippen LogP contribution in [0.3, 0.4) is 0 Å². The molecule has 88 valence electrons. The second kappa shape index (κ2) is 5.58. The lowest BCUT2D eigenvalue weighted by Crippen LogP contribution is -2.53. The first-order valence-corrected chi connectivity index (χ1v) is 5.26. The van der Waals surface area contributed by atoms with E-state index >= 15 is 0 Å². The molecule has 5 heteroatoms. The molecule has 5 N–H and O–H groups in total. The van der Waals surface area contributed by atoms with Crippen molar-refractivity contribution >= 4 is 11.9 Å². The third-order valence-corrected chi connectivity index (χ3v) is 2.07. The number of nitrogens with zero attached hydrogens (tertiary/aromatic N) is 1. The predicted octanol–water partition coefficient (Wildman–Crippen LogP) is 1.30. The zero-order valence-electron chi connectivity index (χ0n) is 10.1. The molecule has 15 heavy (non-hydrogen) atoms. The molecule has 0 fully saturated rings. The van der Waals surface area contributed by atoms with Crippen LogP contribution in [-0.2, 0) is 0 Å². The van der Waals surface area contributed by atoms with Crippen LogP contribution in [0.5, 0.6) is 0 Å². The van der Waals surface area contributed by atoms with Crippen molar-refractivity contribution < 1.29 is 0 Å². The van der Waals surface area contributed by atoms with Crippen molar-refractivity contribution in [3.05, 3.63) is 0 Å². The number of guanidine groups is 2. The Morgan fingerprint density at radius 3 is 2.20 bits per heavy atom. The fourth-order valence-corrected chi connectivity index (χ4v) is 1.29. The van der Waals surface area contributed by atoms with Crippen LogP contribution in [0.1, 0.15) is 40.5 Å². The van der Waals surface area contributed by atoms with Crippen LogP contribution >= 0.6 is 0 Å². The van der Waals surface area contributed by atoms with Crippen LogP contribution in [0.2, 0.25) is 0 Å². The van der Waals surface area contributed by atoms with Crippen LogP contribution in [0.15, 0.2) is 0 Å². The minimum absolute atomic E-state index is 0.130. The summed E-state index contributed by atoms with van der Waals surface area (Å²) in [5, 5.41) is 17.4. The van der Waals surface area contributed by atoms with E-state index in [0.717, 1.165) is 19.4 Å². The molecule has 0 aliphatic rings. The molecule has 0 saturated heterocycles. The molecule has 0 rings (SSSR count). The number of unbranched alkanes of at least 4 members (excludes halogenated alkanes) is 1. The summed E-state index contributed by atoms with van der Waals surface area (Å²) in [6, 6.07) is 0. The van der Waals surface area contributed by atoms with E-state index in [2.05, 4.69) is 12.2 Å². The standard InChI is InChI=1S/C10H23N5/c1-5-6-7-15(10(2,3)4)9(13)14-8(11)12/h5-7H2,1-4H3,(H5,11,12,13,14). The Kier molecular flexibility index (Phi) is 5.11. The molecule has 0 atom stereocenters. The third-order valence-electron chi connectivity index (χ3n) is 2.07. The van der Waals surface area contributed by atoms with E-state index in [1.807, 2.05) is 25.7 Å². The SMILES string of the molecule is CCCCN(C(=N)NC(=N)N)C(C)(C)C. The van der Waals surface area contributed by atoms with E-state index in [1.54, 1.807) is 0 Å². The van der Waals surface area contributed by atoms with Crippen LogP contribution in [0, 0.1) is 10.8 Å². The Morgan fingerprint density at radius 1 is 1.33 bits per heavy atom. The first kappa shape index (κ1) is 13.7. The highest BCUT2D eigenvalue weighted by molar-refractivity contribution is 5.95. The molecule has 0 saturated carbocycles. The second-order valence-corrected chi connectivity index (χ2v) is 4.56. The van der Waals surface area contributed by atoms with Gasteiger partial charge in [-0.25, -0.2) is 0 Å². The van der Waals surface area contributed by atoms with Crippen LogP contribution in [0.25, 0.3) is 0 Å². The first-order chi connectivity index (χ1) is 6.79. The molecule has 0 heterocycles. The molecule has 0 aliphatic carbocycles. The van der Waals surface area contributed by atoms with Crippen molar-refractivity contribution in [3.8, 4) is 0 Å². The molecular formula is C10H23N5. The summed E-state index contributed by atoms with van der Waals surface area (Å²) in [4.78, 5) is 1.91. The highest BCUT2D eigenvalue weighted by Gasteiger charge is 2.23. The zero-order valence-corrected chi connectivity index (χ0v) is 10.1. The summed E-state index contributed by atoms with van der Waals surface area (Å²) >= 11 is 0. The predicted molar refractivity (Wildman–Crippen MR) is 64.1 cm³/mol. The lowest BCUT2D eigenvalue weighted by Gasteiger charge is -2.37. The summed E-state index contributed by atoms with van der Waals surface area (Å²) in [5.74, 6) is 0.00852. The summed E-state index contributed by atoms with van der Waals surface area (Å²) < 4.78 is 0. The summed E-state index contributed by atoms with van der Waals surface area (Å²) in [5.41, 5.74) is 5.08. The van der Waals surface area contributed by atoms with Gasteiger partial charge in [0.25, 0.3) is 0 Å². The molecule has 0 aromatic carbocycles. The molecule has 5 nitrogen and oxygen atoms in total. The Balaban J connectivity index is 4.48. The van der Waals surface area contributed by atoms with Gasteiger partial charge in [0.05, 0.1) is 0 Å². The normalized spacial score (nSPS) is 10.9. The van der Waals surface area contributed by atoms with Crippen LogP contribution in [-0.4, -0.2) is 28.9 Å². The number of nitrogens with one attached hydrogen (secondary N) is 3. The Bertz CT molecular complexity index is 228. The molecule has 0 aromatic rings. The van der Waals surface area contributed by atoms with Crippen molar-refractivity contribution in [2.24, 2.45) is 5.73 Å². The number of nitrogens with two attached hydrogens (primary N) is 1. The quantitative estimate of drug-likeness (QED) is 0.421. The van der Waals surface area contributed by atoms with Crippen molar-refractivity contribution in [2.45, 2.75) is 46.1 Å². The maximum atomic E-state index is 7.80. The molecular weight excluding hydrogens is 190 g/mol. The topological polar surface area (TPSA) is 89.0 Å². The van der Waals surface area contributed by atoms with Gasteiger partial charge < -0.3 is 10.6 Å². The first-order valence-electron chi connectivity index (χ1n) is 5.26. The minimum atomic E-state index is -0.189. The molecule has 0 bridgehead atoms. The summed E-state index contributed by atoms with van der Waals surface area (Å²) in [6.07, 6.45) is 2.11. The largest absolute Gasteiger partial charge is 0.370 e. The van der Waals surface area contributed by atoms with Gasteiger partial charge in [-0.1, -0.05) is 13.3 Å². The highest BCUT2D eigenvalue weighted by Crippen LogP contribution is 2.13. The van der Waals surface area contributed by atoms with E-state index in [-0.39, 0.29) is 17.5 Å². The van der Waals surface area contributed by atoms with Crippen molar-refractivity contribution in [1.29, 1.82) is 10.8 Å². The molecule has 0 radical (unpaired) electrons. The van der Waals surface area contributed by atoms with E-state index in [1.165, 1.54) is 0 Å². The lowest BCUT2D eigenvalue weighted by molar-refractivity contribution is 0.227. The molecule has 0 spiro atoms.